The Morgan fingerprint density at radius 2 is 1.42 bits per heavy atom. The molecule has 0 saturated heterocycles. The van der Waals surface area contributed by atoms with Crippen LogP contribution in [0.4, 0.5) is 10.5 Å². The minimum Gasteiger partial charge on any atom is -0.459 e. The summed E-state index contributed by atoms with van der Waals surface area (Å²) in [6, 6.07) is 6.30. The molecule has 0 fully saturated rings. The van der Waals surface area contributed by atoms with Crippen molar-refractivity contribution in [3.8, 4) is 0 Å². The van der Waals surface area contributed by atoms with Gasteiger partial charge in [-0.2, -0.15) is 0 Å². The number of ether oxygens (including phenoxy) is 2. The smallest absolute Gasteiger partial charge is 0.415 e. The van der Waals surface area contributed by atoms with E-state index in [0.717, 1.165) is 0 Å². The number of carbonyl (C=O) groups is 3. The first-order chi connectivity index (χ1) is 11.8. The third kappa shape index (κ3) is 7.13. The molecule has 0 bridgehead atoms. The maximum Gasteiger partial charge on any atom is 0.415 e. The monoisotopic (exact) mass is 364 g/mol. The maximum atomic E-state index is 12.6. The van der Waals surface area contributed by atoms with E-state index in [1.165, 1.54) is 11.9 Å². The number of nitrogens with zero attached hydrogens (tertiary/aromatic N) is 1. The van der Waals surface area contributed by atoms with Crippen molar-refractivity contribution in [1.29, 1.82) is 0 Å². The summed E-state index contributed by atoms with van der Waals surface area (Å²) < 4.78 is 10.7. The lowest BCUT2D eigenvalue weighted by Gasteiger charge is -2.28. The molecular formula is C19H28N2O5. The summed E-state index contributed by atoms with van der Waals surface area (Å²) in [5.74, 6) is -0.800. The summed E-state index contributed by atoms with van der Waals surface area (Å²) in [6.07, 6.45) is -0.670. The number of esters is 1. The van der Waals surface area contributed by atoms with Crippen LogP contribution >= 0.6 is 0 Å². The number of hydrogen-bond donors (Lipinski definition) is 1. The zero-order valence-electron chi connectivity index (χ0n) is 16.5. The van der Waals surface area contributed by atoms with Crippen molar-refractivity contribution < 1.29 is 23.9 Å². The second kappa shape index (κ2) is 8.21. The molecule has 1 aromatic rings. The highest BCUT2D eigenvalue weighted by Gasteiger charge is 2.27. The molecule has 1 aromatic carbocycles. The van der Waals surface area contributed by atoms with Crippen LogP contribution in [0.15, 0.2) is 24.3 Å². The lowest BCUT2D eigenvalue weighted by atomic mass is 10.1. The van der Waals surface area contributed by atoms with E-state index in [1.54, 1.807) is 65.8 Å². The maximum absolute atomic E-state index is 12.6. The van der Waals surface area contributed by atoms with Gasteiger partial charge in [-0.05, 0) is 65.8 Å². The summed E-state index contributed by atoms with van der Waals surface area (Å²) in [4.78, 5) is 37.6. The highest BCUT2D eigenvalue weighted by molar-refractivity contribution is 5.96. The second-order valence-corrected chi connectivity index (χ2v) is 7.78. The van der Waals surface area contributed by atoms with Gasteiger partial charge in [0.25, 0.3) is 5.91 Å². The molecule has 1 rings (SSSR count). The summed E-state index contributed by atoms with van der Waals surface area (Å²) in [5, 5.41) is 2.52. The molecule has 144 valence electrons. The predicted molar refractivity (Wildman–Crippen MR) is 99.3 cm³/mol. The molecule has 0 atom stereocenters. The van der Waals surface area contributed by atoms with Crippen LogP contribution in [0, 0.1) is 0 Å². The Balaban J connectivity index is 3.09. The molecule has 0 spiro atoms. The first-order valence-corrected chi connectivity index (χ1v) is 8.37. The Labute approximate surface area is 154 Å². The van der Waals surface area contributed by atoms with Gasteiger partial charge >= 0.3 is 12.1 Å². The fraction of sp³-hybridized carbons (Fsp3) is 0.526. The van der Waals surface area contributed by atoms with Crippen molar-refractivity contribution in [2.75, 3.05) is 18.5 Å². The Morgan fingerprint density at radius 3 is 1.85 bits per heavy atom. The SMILES string of the molecule is CNC(=O)c1ccc(N(CC(=O)OC(C)(C)C)C(=O)OC(C)(C)C)cc1. The predicted octanol–water partition coefficient (Wildman–Crippen LogP) is 3.13. The van der Waals surface area contributed by atoms with Crippen LogP contribution in [-0.4, -0.2) is 42.8 Å². The van der Waals surface area contributed by atoms with Gasteiger partial charge < -0.3 is 14.8 Å². The van der Waals surface area contributed by atoms with Crippen molar-refractivity contribution in [1.82, 2.24) is 5.32 Å². The summed E-state index contributed by atoms with van der Waals surface area (Å²) in [7, 11) is 1.53. The molecule has 0 aliphatic rings. The van der Waals surface area contributed by atoms with Crippen LogP contribution in [0.5, 0.6) is 0 Å². The summed E-state index contributed by atoms with van der Waals surface area (Å²) in [5.41, 5.74) is -0.513. The largest absolute Gasteiger partial charge is 0.459 e. The van der Waals surface area contributed by atoms with Gasteiger partial charge in [-0.15, -0.1) is 0 Å². The van der Waals surface area contributed by atoms with Crippen molar-refractivity contribution in [3.05, 3.63) is 29.8 Å². The van der Waals surface area contributed by atoms with Gasteiger partial charge in [-0.1, -0.05) is 0 Å². The van der Waals surface area contributed by atoms with Gasteiger partial charge in [0.2, 0.25) is 0 Å². The normalized spacial score (nSPS) is 11.5. The number of anilines is 1. The average molecular weight is 364 g/mol. The van der Waals surface area contributed by atoms with E-state index in [0.29, 0.717) is 11.3 Å². The van der Waals surface area contributed by atoms with E-state index < -0.39 is 23.3 Å². The Bertz CT molecular complexity index is 654. The van der Waals surface area contributed by atoms with Crippen molar-refractivity contribution in [3.63, 3.8) is 0 Å². The number of nitrogens with one attached hydrogen (secondary N) is 1. The quantitative estimate of drug-likeness (QED) is 0.830. The van der Waals surface area contributed by atoms with Gasteiger partial charge in [0.15, 0.2) is 0 Å². The molecule has 0 heterocycles. The summed E-state index contributed by atoms with van der Waals surface area (Å²) >= 11 is 0. The van der Waals surface area contributed by atoms with Crippen LogP contribution in [0.1, 0.15) is 51.9 Å². The molecule has 26 heavy (non-hydrogen) atoms. The number of benzene rings is 1. The van der Waals surface area contributed by atoms with E-state index in [9.17, 15) is 14.4 Å². The number of rotatable bonds is 4. The van der Waals surface area contributed by atoms with Crippen LogP contribution in [0.3, 0.4) is 0 Å². The minimum absolute atomic E-state index is 0.243. The fourth-order valence-electron chi connectivity index (χ4n) is 2.02. The van der Waals surface area contributed by atoms with Crippen LogP contribution < -0.4 is 10.2 Å². The third-order valence-electron chi connectivity index (χ3n) is 2.99. The topological polar surface area (TPSA) is 84.9 Å². The standard InChI is InChI=1S/C19H28N2O5/c1-18(2,3)25-15(22)12-21(17(24)26-19(4,5)6)14-10-8-13(9-11-14)16(23)20-7/h8-11H,12H2,1-7H3,(H,20,23). The average Bonchev–Trinajstić information content (AvgIpc) is 2.48. The Hall–Kier alpha value is -2.57. The van der Waals surface area contributed by atoms with E-state index >= 15 is 0 Å². The van der Waals surface area contributed by atoms with Crippen LogP contribution in [0.2, 0.25) is 0 Å². The van der Waals surface area contributed by atoms with Crippen LogP contribution in [-0.2, 0) is 14.3 Å². The molecule has 7 nitrogen and oxygen atoms in total. The van der Waals surface area contributed by atoms with Gasteiger partial charge in [0, 0.05) is 18.3 Å². The van der Waals surface area contributed by atoms with Crippen LogP contribution in [0.25, 0.3) is 0 Å². The van der Waals surface area contributed by atoms with E-state index in [1.807, 2.05) is 0 Å². The molecular weight excluding hydrogens is 336 g/mol. The molecule has 7 heteroatoms. The zero-order chi connectivity index (χ0) is 20.1. The molecule has 2 amide bonds. The van der Waals surface area contributed by atoms with Gasteiger partial charge in [-0.3, -0.25) is 14.5 Å². The van der Waals surface area contributed by atoms with Gasteiger partial charge in [0.05, 0.1) is 0 Å². The van der Waals surface area contributed by atoms with Gasteiger partial charge in [0.1, 0.15) is 17.7 Å². The fourth-order valence-corrected chi connectivity index (χ4v) is 2.02. The molecule has 0 aliphatic carbocycles. The molecule has 0 aromatic heterocycles. The van der Waals surface area contributed by atoms with Crippen molar-refractivity contribution in [2.45, 2.75) is 52.7 Å². The number of amides is 2. The number of hydrogen-bond acceptors (Lipinski definition) is 5. The lowest BCUT2D eigenvalue weighted by Crippen LogP contribution is -2.42. The summed E-state index contributed by atoms with van der Waals surface area (Å²) in [6.45, 7) is 10.2. The van der Waals surface area contributed by atoms with E-state index in [-0.39, 0.29) is 12.5 Å². The Kier molecular flexibility index (Phi) is 6.78. The first kappa shape index (κ1) is 21.5. The molecule has 0 radical (unpaired) electrons. The minimum atomic E-state index is -0.717. The van der Waals surface area contributed by atoms with Gasteiger partial charge in [-0.25, -0.2) is 4.79 Å². The highest BCUT2D eigenvalue weighted by Crippen LogP contribution is 2.20. The lowest BCUT2D eigenvalue weighted by molar-refractivity contribution is -0.153. The third-order valence-corrected chi connectivity index (χ3v) is 2.99. The molecule has 1 N–H and O–H groups in total. The number of carbonyl (C=O) groups excluding carboxylic acids is 3. The first-order valence-electron chi connectivity index (χ1n) is 8.37. The van der Waals surface area contributed by atoms with Crippen molar-refractivity contribution >= 4 is 23.7 Å². The highest BCUT2D eigenvalue weighted by atomic mass is 16.6. The molecule has 0 saturated carbocycles. The second-order valence-electron chi connectivity index (χ2n) is 7.78. The zero-order valence-corrected chi connectivity index (χ0v) is 16.5. The Morgan fingerprint density at radius 1 is 0.923 bits per heavy atom. The van der Waals surface area contributed by atoms with E-state index in [4.69, 9.17) is 9.47 Å². The molecule has 0 aliphatic heterocycles. The molecule has 0 unspecified atom stereocenters. The van der Waals surface area contributed by atoms with E-state index in [2.05, 4.69) is 5.32 Å². The van der Waals surface area contributed by atoms with Crippen molar-refractivity contribution in [2.24, 2.45) is 0 Å².